The number of methoxy groups -OCH3 is 1. The van der Waals surface area contributed by atoms with E-state index < -0.39 is 23.7 Å². The average Bonchev–Trinajstić information content (AvgIpc) is 2.83. The van der Waals surface area contributed by atoms with Crippen molar-refractivity contribution >= 4 is 5.97 Å². The summed E-state index contributed by atoms with van der Waals surface area (Å²) >= 11 is 0. The van der Waals surface area contributed by atoms with Crippen LogP contribution in [0, 0.1) is 0 Å². The minimum Gasteiger partial charge on any atom is -0.497 e. The van der Waals surface area contributed by atoms with Gasteiger partial charge in [-0.3, -0.25) is 0 Å². The molecule has 0 saturated heterocycles. The third-order valence-electron chi connectivity index (χ3n) is 2.56. The van der Waals surface area contributed by atoms with Gasteiger partial charge >= 0.3 is 5.97 Å². The van der Waals surface area contributed by atoms with Gasteiger partial charge in [0.05, 0.1) is 19.0 Å². The van der Waals surface area contributed by atoms with Crippen molar-refractivity contribution in [3.05, 3.63) is 41.7 Å². The number of benzene rings is 1. The molecule has 2 aromatic rings. The number of halogens is 2. The topological polar surface area (TPSA) is 64.4 Å². The Morgan fingerprint density at radius 2 is 2.00 bits per heavy atom. The van der Waals surface area contributed by atoms with Crippen LogP contribution in [0.1, 0.15) is 22.5 Å². The van der Waals surface area contributed by atoms with Crippen LogP contribution in [0.4, 0.5) is 8.78 Å². The van der Waals surface area contributed by atoms with Crippen LogP contribution in [-0.2, 0) is 0 Å². The van der Waals surface area contributed by atoms with Crippen molar-refractivity contribution in [3.63, 3.8) is 0 Å². The molecule has 0 fully saturated rings. The van der Waals surface area contributed by atoms with E-state index in [1.54, 1.807) is 12.1 Å². The van der Waals surface area contributed by atoms with Gasteiger partial charge in [0, 0.05) is 0 Å². The highest BCUT2D eigenvalue weighted by molar-refractivity contribution is 5.88. The summed E-state index contributed by atoms with van der Waals surface area (Å²) in [5.41, 5.74) is -0.813. The monoisotopic (exact) mass is 268 g/mol. The molecular formula is C12H10F2N2O3. The van der Waals surface area contributed by atoms with E-state index in [2.05, 4.69) is 5.10 Å². The van der Waals surface area contributed by atoms with Gasteiger partial charge in [0.15, 0.2) is 0 Å². The number of rotatable bonds is 4. The Bertz CT molecular complexity index is 594. The molecule has 1 N–H and O–H groups in total. The number of hydrogen-bond donors (Lipinski definition) is 1. The minimum atomic E-state index is -2.93. The molecule has 7 heteroatoms. The van der Waals surface area contributed by atoms with E-state index >= 15 is 0 Å². The van der Waals surface area contributed by atoms with Gasteiger partial charge in [0.2, 0.25) is 0 Å². The minimum absolute atomic E-state index is 0.337. The van der Waals surface area contributed by atoms with Gasteiger partial charge in [-0.05, 0) is 24.3 Å². The zero-order chi connectivity index (χ0) is 14.0. The molecule has 5 nitrogen and oxygen atoms in total. The van der Waals surface area contributed by atoms with Crippen molar-refractivity contribution in [1.29, 1.82) is 0 Å². The first kappa shape index (κ1) is 13.0. The van der Waals surface area contributed by atoms with Crippen LogP contribution in [0.5, 0.6) is 5.75 Å². The summed E-state index contributed by atoms with van der Waals surface area (Å²) in [5.74, 6) is -0.872. The molecular weight excluding hydrogens is 258 g/mol. The van der Waals surface area contributed by atoms with Crippen LogP contribution in [0.25, 0.3) is 5.69 Å². The second-order valence-corrected chi connectivity index (χ2v) is 3.66. The number of nitrogens with zero attached hydrogens (tertiary/aromatic N) is 2. The molecule has 19 heavy (non-hydrogen) atoms. The van der Waals surface area contributed by atoms with Gasteiger partial charge in [-0.1, -0.05) is 0 Å². The maximum Gasteiger partial charge on any atom is 0.339 e. The van der Waals surface area contributed by atoms with Crippen molar-refractivity contribution < 1.29 is 23.4 Å². The first-order chi connectivity index (χ1) is 9.04. The van der Waals surface area contributed by atoms with Gasteiger partial charge < -0.3 is 9.84 Å². The second-order valence-electron chi connectivity index (χ2n) is 3.66. The Balaban J connectivity index is 2.52. The van der Waals surface area contributed by atoms with Crippen molar-refractivity contribution in [3.8, 4) is 11.4 Å². The largest absolute Gasteiger partial charge is 0.497 e. The predicted molar refractivity (Wildman–Crippen MR) is 62.0 cm³/mol. The third kappa shape index (κ3) is 2.40. The van der Waals surface area contributed by atoms with E-state index in [-0.39, 0.29) is 0 Å². The zero-order valence-corrected chi connectivity index (χ0v) is 9.88. The number of aromatic carboxylic acids is 1. The van der Waals surface area contributed by atoms with Crippen molar-refractivity contribution in [1.82, 2.24) is 9.78 Å². The molecule has 100 valence electrons. The number of carbonyl (C=O) groups is 1. The standard InChI is InChI=1S/C12H10F2N2O3/c1-19-8-4-2-7(3-5-8)16-10(11(13)14)9(6-15-16)12(17)18/h2-6,11H,1H3,(H,17,18). The number of hydrogen-bond acceptors (Lipinski definition) is 3. The molecule has 0 aliphatic carbocycles. The first-order valence-corrected chi connectivity index (χ1v) is 5.28. The highest BCUT2D eigenvalue weighted by Crippen LogP contribution is 2.26. The Morgan fingerprint density at radius 1 is 1.37 bits per heavy atom. The number of carboxylic acid groups (broad SMARTS) is 1. The first-order valence-electron chi connectivity index (χ1n) is 5.28. The number of aromatic nitrogens is 2. The zero-order valence-electron chi connectivity index (χ0n) is 9.88. The molecule has 0 amide bonds. The maximum absolute atomic E-state index is 13.0. The van der Waals surface area contributed by atoms with Crippen LogP contribution in [0.15, 0.2) is 30.5 Å². The molecule has 0 aliphatic rings. The maximum atomic E-state index is 13.0. The van der Waals surface area contributed by atoms with E-state index in [9.17, 15) is 13.6 Å². The van der Waals surface area contributed by atoms with E-state index in [4.69, 9.17) is 9.84 Å². The second kappa shape index (κ2) is 5.05. The molecule has 1 heterocycles. The van der Waals surface area contributed by atoms with Crippen LogP contribution in [0.3, 0.4) is 0 Å². The molecule has 0 aliphatic heterocycles. The molecule has 0 bridgehead atoms. The van der Waals surface area contributed by atoms with Gasteiger partial charge in [0.1, 0.15) is 17.0 Å². The van der Waals surface area contributed by atoms with Crippen molar-refractivity contribution in [2.24, 2.45) is 0 Å². The Kier molecular flexibility index (Phi) is 3.46. The Labute approximate surface area is 107 Å². The predicted octanol–water partition coefficient (Wildman–Crippen LogP) is 2.52. The molecule has 0 spiro atoms. The van der Waals surface area contributed by atoms with Crippen LogP contribution in [-0.4, -0.2) is 28.0 Å². The molecule has 0 radical (unpaired) electrons. The lowest BCUT2D eigenvalue weighted by atomic mass is 10.2. The summed E-state index contributed by atoms with van der Waals surface area (Å²) in [7, 11) is 1.48. The lowest BCUT2D eigenvalue weighted by molar-refractivity contribution is 0.0683. The van der Waals surface area contributed by atoms with E-state index in [1.165, 1.54) is 19.2 Å². The van der Waals surface area contributed by atoms with Gasteiger partial charge in [0.25, 0.3) is 6.43 Å². The van der Waals surface area contributed by atoms with Crippen molar-refractivity contribution in [2.45, 2.75) is 6.43 Å². The summed E-state index contributed by atoms with van der Waals surface area (Å²) in [6.45, 7) is 0. The molecule has 0 saturated carbocycles. The fourth-order valence-corrected chi connectivity index (χ4v) is 1.66. The Morgan fingerprint density at radius 3 is 2.47 bits per heavy atom. The van der Waals surface area contributed by atoms with E-state index in [0.717, 1.165) is 10.9 Å². The fourth-order valence-electron chi connectivity index (χ4n) is 1.66. The van der Waals surface area contributed by atoms with E-state index in [0.29, 0.717) is 11.4 Å². The summed E-state index contributed by atoms with van der Waals surface area (Å²) in [5, 5.41) is 12.5. The molecule has 1 aromatic carbocycles. The summed E-state index contributed by atoms with van der Waals surface area (Å²) < 4.78 is 31.8. The highest BCUT2D eigenvalue weighted by atomic mass is 19.3. The highest BCUT2D eigenvalue weighted by Gasteiger charge is 2.24. The SMILES string of the molecule is COc1ccc(-n2ncc(C(=O)O)c2C(F)F)cc1. The van der Waals surface area contributed by atoms with Gasteiger partial charge in [-0.2, -0.15) is 5.10 Å². The van der Waals surface area contributed by atoms with Crippen molar-refractivity contribution in [2.75, 3.05) is 7.11 Å². The summed E-state index contributed by atoms with van der Waals surface area (Å²) in [6, 6.07) is 6.19. The quantitative estimate of drug-likeness (QED) is 0.925. The average molecular weight is 268 g/mol. The van der Waals surface area contributed by atoms with Crippen LogP contribution >= 0.6 is 0 Å². The number of carboxylic acids is 1. The lowest BCUT2D eigenvalue weighted by Crippen LogP contribution is -2.07. The van der Waals surface area contributed by atoms with Crippen LogP contribution in [0.2, 0.25) is 0 Å². The molecule has 0 atom stereocenters. The third-order valence-corrected chi connectivity index (χ3v) is 2.56. The molecule has 1 aromatic heterocycles. The van der Waals surface area contributed by atoms with Gasteiger partial charge in [-0.25, -0.2) is 18.3 Å². The summed E-state index contributed by atoms with van der Waals surface area (Å²) in [4.78, 5) is 10.9. The van der Waals surface area contributed by atoms with Crippen LogP contribution < -0.4 is 4.74 Å². The number of alkyl halides is 2. The normalized spacial score (nSPS) is 10.7. The number of ether oxygens (including phenoxy) is 1. The summed E-state index contributed by atoms with van der Waals surface area (Å²) in [6.07, 6.45) is -2.02. The molecule has 0 unspecified atom stereocenters. The van der Waals surface area contributed by atoms with E-state index in [1.807, 2.05) is 0 Å². The lowest BCUT2D eigenvalue weighted by Gasteiger charge is -2.08. The smallest absolute Gasteiger partial charge is 0.339 e. The Hall–Kier alpha value is -2.44. The molecule has 2 rings (SSSR count). The fraction of sp³-hybridized carbons (Fsp3) is 0.167. The van der Waals surface area contributed by atoms with Gasteiger partial charge in [-0.15, -0.1) is 0 Å².